The number of carbonyl (C=O) groups excluding carboxylic acids is 1. The smallest absolute Gasteiger partial charge is 0.254 e. The Bertz CT molecular complexity index is 459. The van der Waals surface area contributed by atoms with E-state index in [1.165, 1.54) is 0 Å². The minimum atomic E-state index is 0.0984. The molecule has 1 N–H and O–H groups in total. The summed E-state index contributed by atoms with van der Waals surface area (Å²) in [5.74, 6) is 0.0984. The number of hydrogen-bond donors (Lipinski definition) is 1. The Balaban J connectivity index is 2.12. The van der Waals surface area contributed by atoms with Crippen molar-refractivity contribution in [2.45, 2.75) is 26.9 Å². The molecular weight excluding hydrogens is 240 g/mol. The number of nitrogens with one attached hydrogen (secondary N) is 1. The number of nitrogens with zero attached hydrogens (tertiary/aromatic N) is 1. The second-order valence-electron chi connectivity index (χ2n) is 4.99. The number of aryl methyl sites for hydroxylation is 1. The molecule has 1 aliphatic heterocycles. The van der Waals surface area contributed by atoms with Crippen molar-refractivity contribution in [3.63, 3.8) is 0 Å². The van der Waals surface area contributed by atoms with Crippen LogP contribution in [0.5, 0.6) is 0 Å². The highest BCUT2D eigenvalue weighted by molar-refractivity contribution is 5.95. The van der Waals surface area contributed by atoms with Crippen LogP contribution < -0.4 is 5.32 Å². The van der Waals surface area contributed by atoms with Gasteiger partial charge in [-0.05, 0) is 44.5 Å². The molecule has 4 nitrogen and oxygen atoms in total. The van der Waals surface area contributed by atoms with Gasteiger partial charge in [-0.3, -0.25) is 4.79 Å². The molecule has 0 aliphatic carbocycles. The van der Waals surface area contributed by atoms with E-state index in [-0.39, 0.29) is 12.0 Å². The van der Waals surface area contributed by atoms with Crippen LogP contribution in [-0.4, -0.2) is 43.2 Å². The SMILES string of the molecule is CCNc1ccc(C(=O)N2CCOC(C)C2)cc1C. The van der Waals surface area contributed by atoms with Crippen LogP contribution in [0.3, 0.4) is 0 Å². The average Bonchev–Trinajstić information content (AvgIpc) is 2.40. The maximum atomic E-state index is 12.4. The molecule has 1 unspecified atom stereocenters. The van der Waals surface area contributed by atoms with Crippen molar-refractivity contribution in [1.29, 1.82) is 0 Å². The van der Waals surface area contributed by atoms with Crippen molar-refractivity contribution >= 4 is 11.6 Å². The van der Waals surface area contributed by atoms with Gasteiger partial charge in [-0.15, -0.1) is 0 Å². The third-order valence-corrected chi connectivity index (χ3v) is 3.37. The maximum Gasteiger partial charge on any atom is 0.254 e. The van der Waals surface area contributed by atoms with Gasteiger partial charge in [0.1, 0.15) is 0 Å². The fourth-order valence-electron chi connectivity index (χ4n) is 2.37. The second kappa shape index (κ2) is 6.06. The summed E-state index contributed by atoms with van der Waals surface area (Å²) in [5.41, 5.74) is 2.96. The van der Waals surface area contributed by atoms with Crippen LogP contribution in [0.15, 0.2) is 18.2 Å². The van der Waals surface area contributed by atoms with Crippen molar-refractivity contribution in [2.24, 2.45) is 0 Å². The van der Waals surface area contributed by atoms with Gasteiger partial charge in [-0.2, -0.15) is 0 Å². The number of ether oxygens (including phenoxy) is 1. The minimum absolute atomic E-state index is 0.0984. The van der Waals surface area contributed by atoms with Crippen molar-refractivity contribution in [1.82, 2.24) is 4.90 Å². The quantitative estimate of drug-likeness (QED) is 0.908. The molecule has 1 saturated heterocycles. The van der Waals surface area contributed by atoms with Crippen LogP contribution in [0.4, 0.5) is 5.69 Å². The highest BCUT2D eigenvalue weighted by Gasteiger charge is 2.22. The molecule has 1 atom stereocenters. The lowest BCUT2D eigenvalue weighted by Crippen LogP contribution is -2.44. The fraction of sp³-hybridized carbons (Fsp3) is 0.533. The van der Waals surface area contributed by atoms with E-state index in [0.717, 1.165) is 23.4 Å². The molecule has 0 aromatic heterocycles. The van der Waals surface area contributed by atoms with Crippen LogP contribution in [0, 0.1) is 6.92 Å². The lowest BCUT2D eigenvalue weighted by molar-refractivity contribution is -0.0124. The molecule has 19 heavy (non-hydrogen) atoms. The zero-order chi connectivity index (χ0) is 13.8. The zero-order valence-corrected chi connectivity index (χ0v) is 11.9. The van der Waals surface area contributed by atoms with Crippen LogP contribution in [-0.2, 0) is 4.74 Å². The van der Waals surface area contributed by atoms with E-state index < -0.39 is 0 Å². The molecule has 104 valence electrons. The van der Waals surface area contributed by atoms with Crippen LogP contribution >= 0.6 is 0 Å². The molecule has 1 amide bonds. The van der Waals surface area contributed by atoms with Gasteiger partial charge < -0.3 is 15.0 Å². The second-order valence-corrected chi connectivity index (χ2v) is 4.99. The number of rotatable bonds is 3. The molecule has 2 rings (SSSR count). The highest BCUT2D eigenvalue weighted by atomic mass is 16.5. The van der Waals surface area contributed by atoms with E-state index in [1.54, 1.807) is 0 Å². The Hall–Kier alpha value is -1.55. The lowest BCUT2D eigenvalue weighted by atomic mass is 10.1. The molecule has 1 aromatic rings. The van der Waals surface area contributed by atoms with E-state index >= 15 is 0 Å². The summed E-state index contributed by atoms with van der Waals surface area (Å²) in [4.78, 5) is 14.3. The van der Waals surface area contributed by atoms with Gasteiger partial charge in [0.2, 0.25) is 0 Å². The molecule has 0 spiro atoms. The monoisotopic (exact) mass is 262 g/mol. The number of anilines is 1. The molecule has 1 aromatic carbocycles. The van der Waals surface area contributed by atoms with E-state index in [1.807, 2.05) is 36.9 Å². The number of hydrogen-bond acceptors (Lipinski definition) is 3. The van der Waals surface area contributed by atoms with E-state index in [0.29, 0.717) is 19.7 Å². The van der Waals surface area contributed by atoms with Gasteiger partial charge in [0, 0.05) is 30.9 Å². The predicted octanol–water partition coefficient (Wildman–Crippen LogP) is 2.29. The third kappa shape index (κ3) is 3.26. The molecule has 4 heteroatoms. The molecular formula is C15H22N2O2. The van der Waals surface area contributed by atoms with Crippen molar-refractivity contribution < 1.29 is 9.53 Å². The first kappa shape index (κ1) is 13.9. The Labute approximate surface area is 114 Å². The van der Waals surface area contributed by atoms with E-state index in [9.17, 15) is 4.79 Å². The Morgan fingerprint density at radius 3 is 2.95 bits per heavy atom. The van der Waals surface area contributed by atoms with Crippen molar-refractivity contribution in [3.05, 3.63) is 29.3 Å². The summed E-state index contributed by atoms with van der Waals surface area (Å²) in [7, 11) is 0. The van der Waals surface area contributed by atoms with Gasteiger partial charge in [-0.1, -0.05) is 0 Å². The minimum Gasteiger partial charge on any atom is -0.385 e. The molecule has 0 bridgehead atoms. The Kier molecular flexibility index (Phi) is 4.43. The standard InChI is InChI=1S/C15H22N2O2/c1-4-16-14-6-5-13(9-11(14)2)15(18)17-7-8-19-12(3)10-17/h5-6,9,12,16H,4,7-8,10H2,1-3H3. The molecule has 1 aliphatic rings. The van der Waals surface area contributed by atoms with Gasteiger partial charge >= 0.3 is 0 Å². The largest absolute Gasteiger partial charge is 0.385 e. The van der Waals surface area contributed by atoms with Gasteiger partial charge in [0.05, 0.1) is 12.7 Å². The lowest BCUT2D eigenvalue weighted by Gasteiger charge is -2.31. The Morgan fingerprint density at radius 1 is 1.53 bits per heavy atom. The normalized spacial score (nSPS) is 19.3. The summed E-state index contributed by atoms with van der Waals surface area (Å²) in [6.45, 7) is 8.95. The van der Waals surface area contributed by atoms with E-state index in [4.69, 9.17) is 4.74 Å². The molecule has 1 heterocycles. The number of morpholine rings is 1. The zero-order valence-electron chi connectivity index (χ0n) is 11.9. The first-order chi connectivity index (χ1) is 9.11. The number of benzene rings is 1. The molecule has 0 saturated carbocycles. The van der Waals surface area contributed by atoms with E-state index in [2.05, 4.69) is 12.2 Å². The molecule has 1 fully saturated rings. The molecule has 0 radical (unpaired) electrons. The van der Waals surface area contributed by atoms with Crippen LogP contribution in [0.25, 0.3) is 0 Å². The van der Waals surface area contributed by atoms with Gasteiger partial charge in [0.15, 0.2) is 0 Å². The van der Waals surface area contributed by atoms with Gasteiger partial charge in [0.25, 0.3) is 5.91 Å². The third-order valence-electron chi connectivity index (χ3n) is 3.37. The summed E-state index contributed by atoms with van der Waals surface area (Å²) < 4.78 is 5.46. The first-order valence-corrected chi connectivity index (χ1v) is 6.87. The Morgan fingerprint density at radius 2 is 2.32 bits per heavy atom. The predicted molar refractivity (Wildman–Crippen MR) is 76.7 cm³/mol. The maximum absolute atomic E-state index is 12.4. The van der Waals surface area contributed by atoms with Crippen molar-refractivity contribution in [2.75, 3.05) is 31.6 Å². The fourth-order valence-corrected chi connectivity index (χ4v) is 2.37. The average molecular weight is 262 g/mol. The summed E-state index contributed by atoms with van der Waals surface area (Å²) in [6.07, 6.45) is 0.125. The number of carbonyl (C=O) groups is 1. The first-order valence-electron chi connectivity index (χ1n) is 6.87. The van der Waals surface area contributed by atoms with Crippen molar-refractivity contribution in [3.8, 4) is 0 Å². The van der Waals surface area contributed by atoms with Crippen LogP contribution in [0.2, 0.25) is 0 Å². The summed E-state index contributed by atoms with van der Waals surface area (Å²) in [6, 6.07) is 5.84. The topological polar surface area (TPSA) is 41.6 Å². The highest BCUT2D eigenvalue weighted by Crippen LogP contribution is 2.18. The summed E-state index contributed by atoms with van der Waals surface area (Å²) in [5, 5.41) is 3.28. The van der Waals surface area contributed by atoms with Crippen LogP contribution in [0.1, 0.15) is 29.8 Å². The summed E-state index contributed by atoms with van der Waals surface area (Å²) >= 11 is 0. The number of amides is 1. The van der Waals surface area contributed by atoms with Gasteiger partial charge in [-0.25, -0.2) is 0 Å².